The molecule has 0 radical (unpaired) electrons. The average Bonchev–Trinajstić information content (AvgIpc) is 2.69. The van der Waals surface area contributed by atoms with Crippen LogP contribution in [0.3, 0.4) is 0 Å². The summed E-state index contributed by atoms with van der Waals surface area (Å²) in [6, 6.07) is 20.9. The Morgan fingerprint density at radius 1 is 1.00 bits per heavy atom. The number of aliphatic hydroxyl groups is 1. The monoisotopic (exact) mass is 414 g/mol. The summed E-state index contributed by atoms with van der Waals surface area (Å²) in [5, 5.41) is 12.5. The molecule has 2 aromatic rings. The van der Waals surface area contributed by atoms with Gasteiger partial charge < -0.3 is 14.3 Å². The van der Waals surface area contributed by atoms with E-state index in [2.05, 4.69) is 69.3 Å². The third-order valence-corrected chi connectivity index (χ3v) is 10.2. The molecule has 5 heteroatoms. The Hall–Kier alpha value is -1.95. The van der Waals surface area contributed by atoms with Crippen LogP contribution in [0.1, 0.15) is 41.0 Å². The highest BCUT2D eigenvalue weighted by atomic mass is 28.4. The van der Waals surface area contributed by atoms with Gasteiger partial charge in [-0.1, -0.05) is 88.4 Å². The average molecular weight is 415 g/mol. The summed E-state index contributed by atoms with van der Waals surface area (Å²) in [6.07, 6.45) is -0.801. The summed E-state index contributed by atoms with van der Waals surface area (Å²) in [7, 11) is -2.60. The molecule has 0 amide bonds. The lowest BCUT2D eigenvalue weighted by molar-refractivity contribution is -0.153. The van der Waals surface area contributed by atoms with Crippen molar-refractivity contribution in [2.24, 2.45) is 5.92 Å². The maximum Gasteiger partial charge on any atom is 0.334 e. The molecule has 0 saturated carbocycles. The maximum atomic E-state index is 11.8. The van der Waals surface area contributed by atoms with E-state index in [-0.39, 0.29) is 17.6 Å². The molecule has 0 heterocycles. The molecule has 0 unspecified atom stereocenters. The zero-order valence-electron chi connectivity index (χ0n) is 18.2. The first-order valence-electron chi connectivity index (χ1n) is 10.3. The van der Waals surface area contributed by atoms with Crippen molar-refractivity contribution >= 4 is 24.7 Å². The molecule has 0 fully saturated rings. The fraction of sp³-hybridized carbons (Fsp3) is 0.458. The van der Waals surface area contributed by atoms with E-state index in [1.54, 1.807) is 6.92 Å². The second kappa shape index (κ2) is 10.2. The molecule has 2 rings (SSSR count). The second-order valence-corrected chi connectivity index (χ2v) is 12.9. The molecule has 158 valence electrons. The fourth-order valence-electron chi connectivity index (χ4n) is 3.81. The smallest absolute Gasteiger partial charge is 0.334 e. The first-order chi connectivity index (χ1) is 13.7. The number of carbonyl (C=O) groups excluding carboxylic acids is 1. The summed E-state index contributed by atoms with van der Waals surface area (Å²) < 4.78 is 11.8. The standard InChI is InChI=1S/C24H34O4Si/c1-6-27-23(26)22(25)17-19(2)18-28-29(24(3,4)5,20-13-9-7-10-14-20)21-15-11-8-12-16-21/h7-16,19,22,25H,6,17-18H2,1-5H3/t19-,22-/m1/s1. The normalized spacial score (nSPS) is 14.3. The van der Waals surface area contributed by atoms with Crippen LogP contribution in [0.4, 0.5) is 0 Å². The lowest BCUT2D eigenvalue weighted by Gasteiger charge is -2.43. The first kappa shape index (κ1) is 23.3. The molecule has 0 bridgehead atoms. The summed E-state index contributed by atoms with van der Waals surface area (Å²) >= 11 is 0. The largest absolute Gasteiger partial charge is 0.464 e. The van der Waals surface area contributed by atoms with Crippen LogP contribution in [0.15, 0.2) is 60.7 Å². The predicted molar refractivity (Wildman–Crippen MR) is 120 cm³/mol. The zero-order chi connectivity index (χ0) is 21.5. The van der Waals surface area contributed by atoms with E-state index >= 15 is 0 Å². The van der Waals surface area contributed by atoms with Gasteiger partial charge in [-0.3, -0.25) is 0 Å². The summed E-state index contributed by atoms with van der Waals surface area (Å²) in [5.74, 6) is -0.555. The van der Waals surface area contributed by atoms with E-state index in [9.17, 15) is 9.90 Å². The molecule has 0 aliphatic heterocycles. The van der Waals surface area contributed by atoms with E-state index in [0.717, 1.165) is 0 Å². The van der Waals surface area contributed by atoms with Gasteiger partial charge in [0.2, 0.25) is 0 Å². The number of hydrogen-bond donors (Lipinski definition) is 1. The molecule has 4 nitrogen and oxygen atoms in total. The van der Waals surface area contributed by atoms with Crippen LogP contribution < -0.4 is 10.4 Å². The number of hydrogen-bond acceptors (Lipinski definition) is 4. The fourth-order valence-corrected chi connectivity index (χ4v) is 8.50. The van der Waals surface area contributed by atoms with Gasteiger partial charge in [-0.2, -0.15) is 0 Å². The second-order valence-electron chi connectivity index (χ2n) is 8.58. The van der Waals surface area contributed by atoms with Gasteiger partial charge in [0.05, 0.1) is 6.61 Å². The topological polar surface area (TPSA) is 55.8 Å². The molecule has 2 aromatic carbocycles. The SMILES string of the molecule is CCOC(=O)[C@H](O)C[C@@H](C)CO[Si](c1ccccc1)(c1ccccc1)C(C)(C)C. The van der Waals surface area contributed by atoms with Crippen LogP contribution in [-0.2, 0) is 14.0 Å². The van der Waals surface area contributed by atoms with E-state index in [0.29, 0.717) is 13.0 Å². The Morgan fingerprint density at radius 2 is 1.48 bits per heavy atom. The van der Waals surface area contributed by atoms with E-state index < -0.39 is 20.4 Å². The van der Waals surface area contributed by atoms with Gasteiger partial charge in [-0.05, 0) is 34.7 Å². The van der Waals surface area contributed by atoms with Crippen molar-refractivity contribution in [1.29, 1.82) is 0 Å². The minimum atomic E-state index is -2.60. The molecule has 29 heavy (non-hydrogen) atoms. The number of aliphatic hydroxyl groups excluding tert-OH is 1. The number of rotatable bonds is 9. The maximum absolute atomic E-state index is 11.8. The Labute approximate surface area is 176 Å². The Kier molecular flexibility index (Phi) is 8.20. The van der Waals surface area contributed by atoms with Crippen molar-refractivity contribution in [2.75, 3.05) is 13.2 Å². The zero-order valence-corrected chi connectivity index (χ0v) is 19.2. The number of benzene rings is 2. The third-order valence-electron chi connectivity index (χ3n) is 5.19. The Balaban J connectivity index is 2.33. The number of carbonyl (C=O) groups is 1. The van der Waals surface area contributed by atoms with Crippen LogP contribution in [0.2, 0.25) is 5.04 Å². The first-order valence-corrected chi connectivity index (χ1v) is 12.2. The van der Waals surface area contributed by atoms with E-state index in [4.69, 9.17) is 9.16 Å². The van der Waals surface area contributed by atoms with Gasteiger partial charge in [0.25, 0.3) is 8.32 Å². The Morgan fingerprint density at radius 3 is 1.90 bits per heavy atom. The molecule has 0 spiro atoms. The number of esters is 1. The third kappa shape index (κ3) is 5.56. The van der Waals surface area contributed by atoms with Gasteiger partial charge in [0.15, 0.2) is 6.10 Å². The van der Waals surface area contributed by atoms with Crippen molar-refractivity contribution < 1.29 is 19.1 Å². The van der Waals surface area contributed by atoms with Crippen LogP contribution in [0.5, 0.6) is 0 Å². The lowest BCUT2D eigenvalue weighted by atomic mass is 10.1. The van der Waals surface area contributed by atoms with Crippen LogP contribution in [-0.4, -0.2) is 38.7 Å². The molecular formula is C24H34O4Si. The predicted octanol–water partition coefficient (Wildman–Crippen LogP) is 3.51. The molecule has 2 atom stereocenters. The van der Waals surface area contributed by atoms with Crippen LogP contribution in [0, 0.1) is 5.92 Å². The van der Waals surface area contributed by atoms with Crippen molar-refractivity contribution in [2.45, 2.75) is 52.2 Å². The highest BCUT2D eigenvalue weighted by Gasteiger charge is 2.50. The van der Waals surface area contributed by atoms with Gasteiger partial charge in [-0.25, -0.2) is 4.79 Å². The molecule has 1 N–H and O–H groups in total. The molecule has 0 aliphatic carbocycles. The van der Waals surface area contributed by atoms with Gasteiger partial charge >= 0.3 is 5.97 Å². The van der Waals surface area contributed by atoms with E-state index in [1.165, 1.54) is 10.4 Å². The quantitative estimate of drug-likeness (QED) is 0.504. The van der Waals surface area contributed by atoms with Crippen molar-refractivity contribution in [3.8, 4) is 0 Å². The molecular weight excluding hydrogens is 380 g/mol. The van der Waals surface area contributed by atoms with Crippen molar-refractivity contribution in [3.63, 3.8) is 0 Å². The molecule has 0 saturated heterocycles. The molecule has 0 aromatic heterocycles. The minimum absolute atomic E-state index is 0.0102. The summed E-state index contributed by atoms with van der Waals surface area (Å²) in [5.41, 5.74) is 0. The molecule has 0 aliphatic rings. The minimum Gasteiger partial charge on any atom is -0.464 e. The van der Waals surface area contributed by atoms with Crippen molar-refractivity contribution in [3.05, 3.63) is 60.7 Å². The number of ether oxygens (including phenoxy) is 1. The van der Waals surface area contributed by atoms with Gasteiger partial charge in [-0.15, -0.1) is 0 Å². The highest BCUT2D eigenvalue weighted by Crippen LogP contribution is 2.37. The van der Waals surface area contributed by atoms with E-state index in [1.807, 2.05) is 19.1 Å². The van der Waals surface area contributed by atoms with Crippen LogP contribution in [0.25, 0.3) is 0 Å². The van der Waals surface area contributed by atoms with Crippen molar-refractivity contribution in [1.82, 2.24) is 0 Å². The summed E-state index contributed by atoms with van der Waals surface area (Å²) in [6.45, 7) is 11.2. The Bertz CT molecular complexity index is 716. The van der Waals surface area contributed by atoms with Gasteiger partial charge in [0, 0.05) is 6.61 Å². The van der Waals surface area contributed by atoms with Crippen LogP contribution >= 0.6 is 0 Å². The van der Waals surface area contributed by atoms with Gasteiger partial charge in [0.1, 0.15) is 0 Å². The summed E-state index contributed by atoms with van der Waals surface area (Å²) in [4.78, 5) is 11.8. The highest BCUT2D eigenvalue weighted by molar-refractivity contribution is 6.99. The lowest BCUT2D eigenvalue weighted by Crippen LogP contribution is -2.66.